The van der Waals surface area contributed by atoms with Crippen LogP contribution in [0.15, 0.2) is 53.4 Å². The van der Waals surface area contributed by atoms with Crippen LogP contribution in [-0.4, -0.2) is 43.7 Å². The van der Waals surface area contributed by atoms with Crippen LogP contribution in [0, 0.1) is 0 Å². The second-order valence-corrected chi connectivity index (χ2v) is 8.35. The normalized spacial score (nSPS) is 19.8. The highest BCUT2D eigenvalue weighted by Gasteiger charge is 2.40. The Morgan fingerprint density at radius 2 is 1.89 bits per heavy atom. The van der Waals surface area contributed by atoms with Gasteiger partial charge in [-0.2, -0.15) is 0 Å². The zero-order chi connectivity index (χ0) is 19.0. The van der Waals surface area contributed by atoms with Gasteiger partial charge in [0.1, 0.15) is 17.3 Å². The molecule has 0 aliphatic carbocycles. The number of carbonyl (C=O) groups is 2. The SMILES string of the molecule is O=C(CCN1C(=O)c2ccccc2S1(=O)=O)NC1COc2ccccc2C1. The number of hydrogen-bond donors (Lipinski definition) is 1. The van der Waals surface area contributed by atoms with E-state index in [-0.39, 0.29) is 35.4 Å². The minimum absolute atomic E-state index is 0.00676. The Labute approximate surface area is 157 Å². The minimum Gasteiger partial charge on any atom is -0.491 e. The van der Waals surface area contributed by atoms with Crippen LogP contribution >= 0.6 is 0 Å². The molecule has 2 aromatic rings. The molecule has 4 rings (SSSR count). The lowest BCUT2D eigenvalue weighted by Crippen LogP contribution is -2.44. The van der Waals surface area contributed by atoms with Gasteiger partial charge in [0, 0.05) is 13.0 Å². The number of sulfonamides is 1. The summed E-state index contributed by atoms with van der Waals surface area (Å²) in [6.07, 6.45) is 0.547. The molecule has 0 radical (unpaired) electrons. The molecular weight excluding hydrogens is 368 g/mol. The molecule has 8 heteroatoms. The van der Waals surface area contributed by atoms with Crippen molar-refractivity contribution in [1.82, 2.24) is 9.62 Å². The van der Waals surface area contributed by atoms with Gasteiger partial charge < -0.3 is 10.1 Å². The molecule has 1 N–H and O–H groups in total. The second-order valence-electron chi connectivity index (χ2n) is 6.52. The van der Waals surface area contributed by atoms with Gasteiger partial charge in [-0.05, 0) is 30.2 Å². The molecular formula is C19H18N2O5S. The standard InChI is InChI=1S/C19H18N2O5S/c22-18(20-14-11-13-5-1-3-7-16(13)26-12-14)9-10-21-19(23)15-6-2-4-8-17(15)27(21,24)25/h1-8,14H,9-12H2,(H,20,22). The van der Waals surface area contributed by atoms with Crippen LogP contribution in [0.1, 0.15) is 22.3 Å². The highest BCUT2D eigenvalue weighted by atomic mass is 32.2. The Morgan fingerprint density at radius 1 is 1.15 bits per heavy atom. The van der Waals surface area contributed by atoms with Crippen molar-refractivity contribution in [2.45, 2.75) is 23.8 Å². The van der Waals surface area contributed by atoms with Gasteiger partial charge in [0.2, 0.25) is 5.91 Å². The van der Waals surface area contributed by atoms with E-state index in [0.717, 1.165) is 15.6 Å². The first-order valence-corrected chi connectivity index (χ1v) is 10.1. The molecule has 2 amide bonds. The molecule has 140 valence electrons. The van der Waals surface area contributed by atoms with Gasteiger partial charge in [-0.3, -0.25) is 9.59 Å². The molecule has 2 aliphatic rings. The maximum atomic E-state index is 12.5. The van der Waals surface area contributed by atoms with Crippen molar-refractivity contribution in [3.8, 4) is 5.75 Å². The van der Waals surface area contributed by atoms with E-state index in [9.17, 15) is 18.0 Å². The summed E-state index contributed by atoms with van der Waals surface area (Å²) in [7, 11) is -3.89. The van der Waals surface area contributed by atoms with Crippen molar-refractivity contribution < 1.29 is 22.7 Å². The smallest absolute Gasteiger partial charge is 0.269 e. The summed E-state index contributed by atoms with van der Waals surface area (Å²) in [5.41, 5.74) is 1.16. The molecule has 0 saturated carbocycles. The van der Waals surface area contributed by atoms with Crippen LogP contribution < -0.4 is 10.1 Å². The molecule has 7 nitrogen and oxygen atoms in total. The lowest BCUT2D eigenvalue weighted by Gasteiger charge is -2.26. The number of para-hydroxylation sites is 1. The topological polar surface area (TPSA) is 92.8 Å². The monoisotopic (exact) mass is 386 g/mol. The third kappa shape index (κ3) is 3.16. The predicted octanol–water partition coefficient (Wildman–Crippen LogP) is 1.34. The van der Waals surface area contributed by atoms with Gasteiger partial charge in [0.15, 0.2) is 0 Å². The number of carbonyl (C=O) groups excluding carboxylic acids is 2. The van der Waals surface area contributed by atoms with E-state index in [1.54, 1.807) is 12.1 Å². The Hall–Kier alpha value is -2.87. The Balaban J connectivity index is 1.37. The van der Waals surface area contributed by atoms with E-state index in [1.165, 1.54) is 12.1 Å². The third-order valence-corrected chi connectivity index (χ3v) is 6.54. The van der Waals surface area contributed by atoms with Crippen molar-refractivity contribution in [3.05, 3.63) is 59.7 Å². The Morgan fingerprint density at radius 3 is 2.70 bits per heavy atom. The fourth-order valence-corrected chi connectivity index (χ4v) is 4.95. The van der Waals surface area contributed by atoms with Gasteiger partial charge in [0.25, 0.3) is 15.9 Å². The van der Waals surface area contributed by atoms with Crippen LogP contribution in [-0.2, 0) is 21.2 Å². The summed E-state index contributed by atoms with van der Waals surface area (Å²) in [6.45, 7) is 0.168. The maximum absolute atomic E-state index is 12.5. The van der Waals surface area contributed by atoms with E-state index in [4.69, 9.17) is 4.74 Å². The third-order valence-electron chi connectivity index (χ3n) is 4.70. The first-order valence-electron chi connectivity index (χ1n) is 8.63. The molecule has 1 atom stereocenters. The molecule has 27 heavy (non-hydrogen) atoms. The van der Waals surface area contributed by atoms with Gasteiger partial charge >= 0.3 is 0 Å². The number of fused-ring (bicyclic) bond motifs is 2. The number of ether oxygens (including phenoxy) is 1. The second kappa shape index (κ2) is 6.70. The number of amides is 2. The number of nitrogens with zero attached hydrogens (tertiary/aromatic N) is 1. The van der Waals surface area contributed by atoms with Crippen LogP contribution in [0.25, 0.3) is 0 Å². The number of benzene rings is 2. The van der Waals surface area contributed by atoms with Crippen LogP contribution in [0.5, 0.6) is 5.75 Å². The van der Waals surface area contributed by atoms with Crippen molar-refractivity contribution in [2.75, 3.05) is 13.2 Å². The first-order chi connectivity index (χ1) is 13.0. The first kappa shape index (κ1) is 17.5. The average Bonchev–Trinajstić information content (AvgIpc) is 2.86. The van der Waals surface area contributed by atoms with Crippen molar-refractivity contribution >= 4 is 21.8 Å². The zero-order valence-electron chi connectivity index (χ0n) is 14.4. The molecule has 0 saturated heterocycles. The summed E-state index contributed by atoms with van der Waals surface area (Å²) < 4.78 is 31.4. The fraction of sp³-hybridized carbons (Fsp3) is 0.263. The Bertz CT molecular complexity index is 1020. The minimum atomic E-state index is -3.89. The van der Waals surface area contributed by atoms with Crippen molar-refractivity contribution in [3.63, 3.8) is 0 Å². The molecule has 0 fully saturated rings. The molecule has 0 bridgehead atoms. The highest BCUT2D eigenvalue weighted by molar-refractivity contribution is 7.90. The molecule has 2 aromatic carbocycles. The van der Waals surface area contributed by atoms with Gasteiger partial charge in [-0.1, -0.05) is 30.3 Å². The predicted molar refractivity (Wildman–Crippen MR) is 96.9 cm³/mol. The maximum Gasteiger partial charge on any atom is 0.269 e. The summed E-state index contributed by atoms with van der Waals surface area (Å²) >= 11 is 0. The van der Waals surface area contributed by atoms with Gasteiger partial charge in [-0.15, -0.1) is 0 Å². The molecule has 2 heterocycles. The molecule has 1 unspecified atom stereocenters. The van der Waals surface area contributed by atoms with Crippen LogP contribution in [0.2, 0.25) is 0 Å². The zero-order valence-corrected chi connectivity index (χ0v) is 15.2. The molecule has 0 spiro atoms. The highest BCUT2D eigenvalue weighted by Crippen LogP contribution is 2.30. The molecule has 0 aromatic heterocycles. The molecule has 2 aliphatic heterocycles. The van der Waals surface area contributed by atoms with Crippen LogP contribution in [0.4, 0.5) is 0 Å². The summed E-state index contributed by atoms with van der Waals surface area (Å²) in [6, 6.07) is 13.5. The fourth-order valence-electron chi connectivity index (χ4n) is 3.38. The van der Waals surface area contributed by atoms with Gasteiger partial charge in [0.05, 0.1) is 11.6 Å². The summed E-state index contributed by atoms with van der Waals surface area (Å²) in [4.78, 5) is 24.6. The lowest BCUT2D eigenvalue weighted by molar-refractivity contribution is -0.122. The number of nitrogens with one attached hydrogen (secondary N) is 1. The Kier molecular flexibility index (Phi) is 4.35. The van der Waals surface area contributed by atoms with Crippen LogP contribution in [0.3, 0.4) is 0 Å². The van der Waals surface area contributed by atoms with E-state index in [1.807, 2.05) is 24.3 Å². The summed E-state index contributed by atoms with van der Waals surface area (Å²) in [5, 5.41) is 2.85. The van der Waals surface area contributed by atoms with Crippen molar-refractivity contribution in [1.29, 1.82) is 0 Å². The van der Waals surface area contributed by atoms with E-state index in [0.29, 0.717) is 13.0 Å². The number of rotatable bonds is 4. The lowest BCUT2D eigenvalue weighted by atomic mass is 10.0. The average molecular weight is 386 g/mol. The quantitative estimate of drug-likeness (QED) is 0.856. The van der Waals surface area contributed by atoms with Gasteiger partial charge in [-0.25, -0.2) is 12.7 Å². The number of hydrogen-bond acceptors (Lipinski definition) is 5. The van der Waals surface area contributed by atoms with E-state index >= 15 is 0 Å². The summed E-state index contributed by atoms with van der Waals surface area (Å²) in [5.74, 6) is -0.0928. The van der Waals surface area contributed by atoms with E-state index < -0.39 is 15.9 Å². The van der Waals surface area contributed by atoms with Crippen molar-refractivity contribution in [2.24, 2.45) is 0 Å². The largest absolute Gasteiger partial charge is 0.491 e. The van der Waals surface area contributed by atoms with E-state index in [2.05, 4.69) is 5.32 Å².